The number of benzene rings is 1. The molecule has 0 unspecified atom stereocenters. The maximum Gasteiger partial charge on any atom is 0.254 e. The molecule has 4 rings (SSSR count). The van der Waals surface area contributed by atoms with Crippen LogP contribution in [0.4, 0.5) is 0 Å². The van der Waals surface area contributed by atoms with Gasteiger partial charge in [-0.05, 0) is 38.0 Å². The molecule has 1 aliphatic rings. The third-order valence-electron chi connectivity index (χ3n) is 4.71. The monoisotopic (exact) mass is 325 g/mol. The molecule has 1 atom stereocenters. The Morgan fingerprint density at radius 1 is 1.29 bits per heavy atom. The van der Waals surface area contributed by atoms with Gasteiger partial charge in [-0.1, -0.05) is 5.16 Å². The minimum Gasteiger partial charge on any atom is -0.340 e. The fourth-order valence-corrected chi connectivity index (χ4v) is 3.35. The summed E-state index contributed by atoms with van der Waals surface area (Å²) in [6.07, 6.45) is 1.80. The summed E-state index contributed by atoms with van der Waals surface area (Å²) in [6.45, 7) is 4.42. The summed E-state index contributed by atoms with van der Waals surface area (Å²) < 4.78 is 7.09. The number of aromatic nitrogens is 4. The van der Waals surface area contributed by atoms with E-state index in [9.17, 15) is 4.79 Å². The number of imidazole rings is 1. The molecule has 1 fully saturated rings. The number of carbonyl (C=O) groups excluding carboxylic acids is 1. The summed E-state index contributed by atoms with van der Waals surface area (Å²) in [6, 6.07) is 5.56. The summed E-state index contributed by atoms with van der Waals surface area (Å²) in [5, 5.41) is 3.99. The Labute approximate surface area is 139 Å². The molecule has 1 aliphatic heterocycles. The topological polar surface area (TPSA) is 77.1 Å². The van der Waals surface area contributed by atoms with Gasteiger partial charge in [0.2, 0.25) is 5.89 Å². The molecule has 0 aliphatic carbocycles. The molecule has 124 valence electrons. The fraction of sp³-hybridized carbons (Fsp3) is 0.412. The van der Waals surface area contributed by atoms with E-state index in [1.807, 2.05) is 41.6 Å². The maximum atomic E-state index is 13.0. The lowest BCUT2D eigenvalue weighted by atomic mass is 10.1. The average Bonchev–Trinajstić information content (AvgIpc) is 3.27. The van der Waals surface area contributed by atoms with Crippen molar-refractivity contribution in [2.24, 2.45) is 7.05 Å². The smallest absolute Gasteiger partial charge is 0.254 e. The highest BCUT2D eigenvalue weighted by atomic mass is 16.5. The second-order valence-corrected chi connectivity index (χ2v) is 6.25. The first-order chi connectivity index (χ1) is 11.5. The molecule has 7 heteroatoms. The Morgan fingerprint density at radius 3 is 2.88 bits per heavy atom. The van der Waals surface area contributed by atoms with E-state index in [2.05, 4.69) is 15.1 Å². The lowest BCUT2D eigenvalue weighted by molar-refractivity contribution is 0.0728. The normalized spacial score (nSPS) is 17.8. The van der Waals surface area contributed by atoms with Crippen LogP contribution >= 0.6 is 0 Å². The molecular weight excluding hydrogens is 306 g/mol. The summed E-state index contributed by atoms with van der Waals surface area (Å²) in [5.41, 5.74) is 2.51. The van der Waals surface area contributed by atoms with E-state index in [0.29, 0.717) is 23.8 Å². The number of likely N-dealkylation sites (tertiary alicyclic amines) is 1. The van der Waals surface area contributed by atoms with Crippen molar-refractivity contribution in [2.75, 3.05) is 6.54 Å². The van der Waals surface area contributed by atoms with E-state index >= 15 is 0 Å². The van der Waals surface area contributed by atoms with Gasteiger partial charge in [-0.15, -0.1) is 0 Å². The van der Waals surface area contributed by atoms with Gasteiger partial charge in [0.05, 0.1) is 17.1 Å². The molecule has 0 bridgehead atoms. The van der Waals surface area contributed by atoms with Gasteiger partial charge in [0, 0.05) is 26.1 Å². The van der Waals surface area contributed by atoms with Gasteiger partial charge >= 0.3 is 0 Å². The molecule has 3 aromatic rings. The van der Waals surface area contributed by atoms with Crippen molar-refractivity contribution < 1.29 is 9.32 Å². The van der Waals surface area contributed by atoms with Gasteiger partial charge in [0.15, 0.2) is 5.82 Å². The molecule has 1 aromatic carbocycles. The molecule has 7 nitrogen and oxygen atoms in total. The van der Waals surface area contributed by atoms with Gasteiger partial charge in [-0.25, -0.2) is 4.98 Å². The van der Waals surface area contributed by atoms with Crippen molar-refractivity contribution in [3.63, 3.8) is 0 Å². The Balaban J connectivity index is 1.67. The van der Waals surface area contributed by atoms with Crippen LogP contribution in [0.3, 0.4) is 0 Å². The van der Waals surface area contributed by atoms with E-state index in [-0.39, 0.29) is 11.9 Å². The fourth-order valence-electron chi connectivity index (χ4n) is 3.35. The molecule has 1 amide bonds. The van der Waals surface area contributed by atoms with Crippen molar-refractivity contribution in [3.05, 3.63) is 41.3 Å². The van der Waals surface area contributed by atoms with Gasteiger partial charge in [0.1, 0.15) is 5.82 Å². The van der Waals surface area contributed by atoms with Gasteiger partial charge in [0.25, 0.3) is 5.91 Å². The number of hydrogen-bond acceptors (Lipinski definition) is 5. The number of fused-ring (bicyclic) bond motifs is 1. The van der Waals surface area contributed by atoms with Crippen LogP contribution in [0.2, 0.25) is 0 Å². The zero-order valence-corrected chi connectivity index (χ0v) is 14.0. The molecule has 24 heavy (non-hydrogen) atoms. The molecule has 0 saturated carbocycles. The van der Waals surface area contributed by atoms with E-state index < -0.39 is 0 Å². The van der Waals surface area contributed by atoms with Crippen LogP contribution in [0, 0.1) is 13.8 Å². The Hall–Kier alpha value is -2.70. The number of hydrogen-bond donors (Lipinski definition) is 0. The summed E-state index contributed by atoms with van der Waals surface area (Å²) in [4.78, 5) is 23.6. The number of nitrogens with zero attached hydrogens (tertiary/aromatic N) is 5. The highest BCUT2D eigenvalue weighted by molar-refractivity contribution is 5.97. The quantitative estimate of drug-likeness (QED) is 0.723. The standard InChI is InChI=1S/C17H19N5O2/c1-10-18-13-9-12(6-7-14(13)21(10)3)17(23)22-8-4-5-15(22)16-19-11(2)24-20-16/h6-7,9,15H,4-5,8H2,1-3H3/t15-/m1/s1. The van der Waals surface area contributed by atoms with Crippen molar-refractivity contribution in [1.82, 2.24) is 24.6 Å². The van der Waals surface area contributed by atoms with E-state index in [1.54, 1.807) is 6.92 Å². The van der Waals surface area contributed by atoms with E-state index in [0.717, 1.165) is 29.7 Å². The highest BCUT2D eigenvalue weighted by Gasteiger charge is 2.33. The minimum absolute atomic E-state index is 0.00911. The first-order valence-electron chi connectivity index (χ1n) is 8.09. The predicted molar refractivity (Wildman–Crippen MR) is 87.5 cm³/mol. The highest BCUT2D eigenvalue weighted by Crippen LogP contribution is 2.32. The summed E-state index contributed by atoms with van der Waals surface area (Å²) >= 11 is 0. The number of rotatable bonds is 2. The lowest BCUT2D eigenvalue weighted by Crippen LogP contribution is -2.31. The van der Waals surface area contributed by atoms with E-state index in [1.165, 1.54) is 0 Å². The van der Waals surface area contributed by atoms with Crippen molar-refractivity contribution in [1.29, 1.82) is 0 Å². The largest absolute Gasteiger partial charge is 0.340 e. The van der Waals surface area contributed by atoms with Gasteiger partial charge < -0.3 is 14.0 Å². The van der Waals surface area contributed by atoms with Crippen LogP contribution in [0.1, 0.15) is 46.8 Å². The van der Waals surface area contributed by atoms with Crippen LogP contribution < -0.4 is 0 Å². The first-order valence-corrected chi connectivity index (χ1v) is 8.09. The predicted octanol–water partition coefficient (Wildman–Crippen LogP) is 2.55. The second kappa shape index (κ2) is 5.43. The van der Waals surface area contributed by atoms with Gasteiger partial charge in [-0.2, -0.15) is 4.98 Å². The van der Waals surface area contributed by atoms with Crippen molar-refractivity contribution >= 4 is 16.9 Å². The maximum absolute atomic E-state index is 13.0. The third-order valence-corrected chi connectivity index (χ3v) is 4.71. The molecule has 3 heterocycles. The zero-order chi connectivity index (χ0) is 16.8. The third kappa shape index (κ3) is 2.28. The number of amides is 1. The zero-order valence-electron chi connectivity index (χ0n) is 14.0. The minimum atomic E-state index is -0.115. The van der Waals surface area contributed by atoms with E-state index in [4.69, 9.17) is 4.52 Å². The van der Waals surface area contributed by atoms with Crippen molar-refractivity contribution in [2.45, 2.75) is 32.7 Å². The summed E-state index contributed by atoms with van der Waals surface area (Å²) in [7, 11) is 1.97. The SMILES string of the molecule is Cc1nc([C@H]2CCCN2C(=O)c2ccc3c(c2)nc(C)n3C)no1. The lowest BCUT2D eigenvalue weighted by Gasteiger charge is -2.22. The Bertz CT molecular complexity index is 926. The summed E-state index contributed by atoms with van der Waals surface area (Å²) in [5.74, 6) is 2.03. The molecule has 0 radical (unpaired) electrons. The molecular formula is C17H19N5O2. The van der Waals surface area contributed by atoms with Crippen LogP contribution in [-0.4, -0.2) is 37.0 Å². The number of carbonyl (C=O) groups is 1. The Kier molecular flexibility index (Phi) is 3.37. The average molecular weight is 325 g/mol. The molecule has 1 saturated heterocycles. The van der Waals surface area contributed by atoms with Crippen LogP contribution in [0.25, 0.3) is 11.0 Å². The van der Waals surface area contributed by atoms with Crippen LogP contribution in [0.5, 0.6) is 0 Å². The molecule has 2 aromatic heterocycles. The first kappa shape index (κ1) is 14.9. The molecule has 0 N–H and O–H groups in total. The van der Waals surface area contributed by atoms with Crippen molar-refractivity contribution in [3.8, 4) is 0 Å². The van der Waals surface area contributed by atoms with Crippen LogP contribution in [-0.2, 0) is 7.05 Å². The second-order valence-electron chi connectivity index (χ2n) is 6.25. The molecule has 0 spiro atoms. The van der Waals surface area contributed by atoms with Gasteiger partial charge in [-0.3, -0.25) is 4.79 Å². The van der Waals surface area contributed by atoms with Crippen LogP contribution in [0.15, 0.2) is 22.7 Å². The number of aryl methyl sites for hydroxylation is 3. The Morgan fingerprint density at radius 2 is 2.12 bits per heavy atom.